The smallest absolute Gasteiger partial charge is 0.410 e. The summed E-state index contributed by atoms with van der Waals surface area (Å²) in [4.78, 5) is 62.8. The van der Waals surface area contributed by atoms with Crippen molar-refractivity contribution in [3.8, 4) is 5.75 Å². The Kier molecular flexibility index (Phi) is 7.96. The van der Waals surface area contributed by atoms with E-state index >= 15 is 0 Å². The fourth-order valence-corrected chi connectivity index (χ4v) is 3.08. The number of ether oxygens (including phenoxy) is 2. The summed E-state index contributed by atoms with van der Waals surface area (Å²) in [7, 11) is 3.01. The van der Waals surface area contributed by atoms with Crippen molar-refractivity contribution in [3.63, 3.8) is 0 Å². The Labute approximate surface area is 186 Å². The molecule has 0 spiro atoms. The highest BCUT2D eigenvalue weighted by Gasteiger charge is 2.33. The number of hydrogen-bond donors (Lipinski definition) is 1. The molecule has 0 bridgehead atoms. The van der Waals surface area contributed by atoms with E-state index in [1.165, 1.54) is 22.9 Å². The van der Waals surface area contributed by atoms with E-state index in [0.717, 1.165) is 0 Å². The molecule has 2 rings (SSSR count). The maximum Gasteiger partial charge on any atom is 0.410 e. The molecule has 1 unspecified atom stereocenters. The van der Waals surface area contributed by atoms with Crippen LogP contribution in [-0.4, -0.2) is 78.8 Å². The van der Waals surface area contributed by atoms with Crippen LogP contribution >= 0.6 is 0 Å². The summed E-state index contributed by atoms with van der Waals surface area (Å²) < 4.78 is 10.9. The molecule has 1 heterocycles. The molecule has 0 saturated carbocycles. The summed E-state index contributed by atoms with van der Waals surface area (Å²) in [6.45, 7) is 5.55. The molecule has 1 aromatic carbocycles. The van der Waals surface area contributed by atoms with Gasteiger partial charge in [0.1, 0.15) is 24.0 Å². The van der Waals surface area contributed by atoms with Crippen LogP contribution in [0.1, 0.15) is 54.3 Å². The second-order valence-electron chi connectivity index (χ2n) is 8.47. The molecule has 0 aromatic heterocycles. The van der Waals surface area contributed by atoms with Gasteiger partial charge in [-0.2, -0.15) is 0 Å². The minimum Gasteiger partial charge on any atom is -0.491 e. The van der Waals surface area contributed by atoms with Gasteiger partial charge in [0, 0.05) is 20.5 Å². The van der Waals surface area contributed by atoms with Crippen LogP contribution in [0.25, 0.3) is 0 Å². The number of carbonyl (C=O) groups is 5. The number of nitrogens with zero attached hydrogens (tertiary/aromatic N) is 2. The lowest BCUT2D eigenvalue weighted by molar-refractivity contribution is -0.136. The van der Waals surface area contributed by atoms with Crippen LogP contribution in [-0.2, 0) is 14.3 Å². The zero-order chi connectivity index (χ0) is 24.1. The standard InChI is InChI=1S/C22H29N3O7/c1-22(2,3)32-21(30)24(4)11-12-31-17-8-6-7-14(15(17)13-26)20(29)25(5)16-9-10-18(27)23-19(16)28/h6-8,13,16H,9-12H2,1-5H3,(H,23,27,28). The molecule has 0 aliphatic carbocycles. The highest BCUT2D eigenvalue weighted by Crippen LogP contribution is 2.23. The fourth-order valence-electron chi connectivity index (χ4n) is 3.08. The molecular formula is C22H29N3O7. The van der Waals surface area contributed by atoms with Crippen molar-refractivity contribution in [1.82, 2.24) is 15.1 Å². The van der Waals surface area contributed by atoms with Crippen LogP contribution in [0.4, 0.5) is 4.79 Å². The first-order chi connectivity index (χ1) is 14.9. The number of imide groups is 1. The second kappa shape index (κ2) is 10.3. The number of nitrogens with one attached hydrogen (secondary N) is 1. The summed E-state index contributed by atoms with van der Waals surface area (Å²) in [5, 5.41) is 2.21. The SMILES string of the molecule is CN(CCOc1cccc(C(=O)N(C)C2CCC(=O)NC2=O)c1C=O)C(=O)OC(C)(C)C. The Morgan fingerprint density at radius 1 is 1.22 bits per heavy atom. The molecule has 1 fully saturated rings. The third kappa shape index (κ3) is 6.29. The summed E-state index contributed by atoms with van der Waals surface area (Å²) in [5.74, 6) is -1.30. The summed E-state index contributed by atoms with van der Waals surface area (Å²) >= 11 is 0. The minimum atomic E-state index is -0.813. The van der Waals surface area contributed by atoms with Gasteiger partial charge in [0.25, 0.3) is 5.91 Å². The molecule has 1 saturated heterocycles. The lowest BCUT2D eigenvalue weighted by Gasteiger charge is -2.30. The van der Waals surface area contributed by atoms with Gasteiger partial charge in [-0.25, -0.2) is 4.79 Å². The van der Waals surface area contributed by atoms with Gasteiger partial charge in [0.05, 0.1) is 17.7 Å². The molecule has 32 heavy (non-hydrogen) atoms. The van der Waals surface area contributed by atoms with E-state index in [0.29, 0.717) is 6.29 Å². The Morgan fingerprint density at radius 2 is 1.91 bits per heavy atom. The summed E-state index contributed by atoms with van der Waals surface area (Å²) in [6.07, 6.45) is 0.337. The van der Waals surface area contributed by atoms with Crippen LogP contribution in [0.15, 0.2) is 18.2 Å². The van der Waals surface area contributed by atoms with Crippen LogP contribution in [0, 0.1) is 0 Å². The predicted molar refractivity (Wildman–Crippen MR) is 114 cm³/mol. The van der Waals surface area contributed by atoms with Crippen molar-refractivity contribution < 1.29 is 33.4 Å². The Hall–Kier alpha value is -3.43. The van der Waals surface area contributed by atoms with Crippen molar-refractivity contribution in [3.05, 3.63) is 29.3 Å². The topological polar surface area (TPSA) is 122 Å². The number of amides is 4. The highest BCUT2D eigenvalue weighted by atomic mass is 16.6. The first kappa shape index (κ1) is 24.8. The highest BCUT2D eigenvalue weighted by molar-refractivity contribution is 6.06. The van der Waals surface area contributed by atoms with Gasteiger partial charge in [-0.15, -0.1) is 0 Å². The Bertz CT molecular complexity index is 907. The summed E-state index contributed by atoms with van der Waals surface area (Å²) in [5.41, 5.74) is -0.512. The molecule has 1 aliphatic heterocycles. The largest absolute Gasteiger partial charge is 0.491 e. The van der Waals surface area contributed by atoms with Gasteiger partial charge in [-0.1, -0.05) is 6.07 Å². The molecular weight excluding hydrogens is 418 g/mol. The van der Waals surface area contributed by atoms with E-state index in [9.17, 15) is 24.0 Å². The molecule has 174 valence electrons. The van der Waals surface area contributed by atoms with Crippen LogP contribution < -0.4 is 10.1 Å². The normalized spacial score (nSPS) is 16.1. The maximum absolute atomic E-state index is 13.0. The number of benzene rings is 1. The molecule has 1 aromatic rings. The second-order valence-corrected chi connectivity index (χ2v) is 8.47. The first-order valence-electron chi connectivity index (χ1n) is 10.2. The number of carbonyl (C=O) groups excluding carboxylic acids is 5. The van der Waals surface area contributed by atoms with E-state index in [1.807, 2.05) is 0 Å². The lowest BCUT2D eigenvalue weighted by atomic mass is 10.0. The van der Waals surface area contributed by atoms with Gasteiger partial charge < -0.3 is 19.3 Å². The van der Waals surface area contributed by atoms with E-state index in [2.05, 4.69) is 5.32 Å². The van der Waals surface area contributed by atoms with Crippen molar-refractivity contribution in [2.24, 2.45) is 0 Å². The zero-order valence-corrected chi connectivity index (χ0v) is 19.0. The van der Waals surface area contributed by atoms with Gasteiger partial charge >= 0.3 is 6.09 Å². The van der Waals surface area contributed by atoms with Gasteiger partial charge in [0.15, 0.2) is 6.29 Å². The van der Waals surface area contributed by atoms with Gasteiger partial charge in [-0.3, -0.25) is 24.5 Å². The van der Waals surface area contributed by atoms with E-state index in [4.69, 9.17) is 9.47 Å². The average molecular weight is 447 g/mol. The van der Waals surface area contributed by atoms with Crippen molar-refractivity contribution in [2.75, 3.05) is 27.2 Å². The van der Waals surface area contributed by atoms with Gasteiger partial charge in [-0.05, 0) is 39.3 Å². The number of aldehydes is 1. The number of hydrogen-bond acceptors (Lipinski definition) is 7. The monoisotopic (exact) mass is 447 g/mol. The van der Waals surface area contributed by atoms with Crippen molar-refractivity contribution in [2.45, 2.75) is 45.3 Å². The molecule has 1 N–H and O–H groups in total. The fraction of sp³-hybridized carbons (Fsp3) is 0.500. The van der Waals surface area contributed by atoms with E-state index in [-0.39, 0.29) is 48.8 Å². The minimum absolute atomic E-state index is 0.0385. The maximum atomic E-state index is 13.0. The number of piperidine rings is 1. The Morgan fingerprint density at radius 3 is 2.50 bits per heavy atom. The molecule has 1 aliphatic rings. The third-order valence-electron chi connectivity index (χ3n) is 4.80. The molecule has 10 nitrogen and oxygen atoms in total. The van der Waals surface area contributed by atoms with Crippen LogP contribution in [0.5, 0.6) is 5.75 Å². The molecule has 10 heteroatoms. The Balaban J connectivity index is 2.08. The summed E-state index contributed by atoms with van der Waals surface area (Å²) in [6, 6.07) is 3.76. The van der Waals surface area contributed by atoms with Gasteiger partial charge in [0.2, 0.25) is 11.8 Å². The van der Waals surface area contributed by atoms with Crippen LogP contribution in [0.3, 0.4) is 0 Å². The third-order valence-corrected chi connectivity index (χ3v) is 4.80. The number of likely N-dealkylation sites (N-methyl/N-ethyl adjacent to an activating group) is 2. The van der Waals surface area contributed by atoms with E-state index < -0.39 is 29.6 Å². The first-order valence-corrected chi connectivity index (χ1v) is 10.2. The van der Waals surface area contributed by atoms with Crippen molar-refractivity contribution in [1.29, 1.82) is 0 Å². The van der Waals surface area contributed by atoms with Crippen molar-refractivity contribution >= 4 is 30.1 Å². The average Bonchev–Trinajstić information content (AvgIpc) is 2.71. The van der Waals surface area contributed by atoms with E-state index in [1.54, 1.807) is 40.0 Å². The lowest BCUT2D eigenvalue weighted by Crippen LogP contribution is -2.53. The zero-order valence-electron chi connectivity index (χ0n) is 19.0. The van der Waals surface area contributed by atoms with Crippen LogP contribution in [0.2, 0.25) is 0 Å². The molecule has 0 radical (unpaired) electrons. The molecule has 4 amide bonds. The predicted octanol–water partition coefficient (Wildman–Crippen LogP) is 1.62. The quantitative estimate of drug-likeness (QED) is 0.498. The number of rotatable bonds is 7. The molecule has 1 atom stereocenters.